The molecule has 2 aliphatic rings. The number of hydrogen-bond acceptors (Lipinski definition) is 1. The Kier molecular flexibility index (Phi) is 4.02. The van der Waals surface area contributed by atoms with Gasteiger partial charge in [0, 0.05) is 22.4 Å². The van der Waals surface area contributed by atoms with E-state index in [1.807, 2.05) is 19.1 Å². The van der Waals surface area contributed by atoms with Crippen molar-refractivity contribution in [3.8, 4) is 0 Å². The molecule has 1 nitrogen and oxygen atoms in total. The summed E-state index contributed by atoms with van der Waals surface area (Å²) in [5, 5.41) is 1.48. The van der Waals surface area contributed by atoms with Crippen molar-refractivity contribution in [1.29, 1.82) is 0 Å². The lowest BCUT2D eigenvalue weighted by Crippen LogP contribution is -2.36. The van der Waals surface area contributed by atoms with Crippen LogP contribution in [-0.2, 0) is 5.41 Å². The lowest BCUT2D eigenvalue weighted by molar-refractivity contribution is 0.293. The van der Waals surface area contributed by atoms with Crippen molar-refractivity contribution in [3.63, 3.8) is 0 Å². The van der Waals surface area contributed by atoms with Crippen LogP contribution in [0.15, 0.2) is 36.1 Å². The van der Waals surface area contributed by atoms with Crippen LogP contribution in [0.5, 0.6) is 0 Å². The maximum atomic E-state index is 15.2. The first-order chi connectivity index (χ1) is 12.4. The Morgan fingerprint density at radius 3 is 2.81 bits per heavy atom. The largest absolute Gasteiger partial charge is 0.256 e. The molecule has 0 saturated heterocycles. The predicted molar refractivity (Wildman–Crippen MR) is 103 cm³/mol. The second-order valence-corrected chi connectivity index (χ2v) is 8.14. The molecule has 0 saturated carbocycles. The molecule has 0 amide bonds. The Labute approximate surface area is 153 Å². The monoisotopic (exact) mass is 353 g/mol. The minimum absolute atomic E-state index is 0.190. The number of halogens is 2. The van der Waals surface area contributed by atoms with Crippen LogP contribution in [0.25, 0.3) is 16.3 Å². The Morgan fingerprint density at radius 1 is 1.31 bits per heavy atom. The topological polar surface area (TPSA) is 12.9 Å². The van der Waals surface area contributed by atoms with E-state index in [0.29, 0.717) is 17.4 Å². The predicted octanol–water partition coefficient (Wildman–Crippen LogP) is 6.44. The van der Waals surface area contributed by atoms with Gasteiger partial charge in [-0.05, 0) is 67.4 Å². The molecule has 3 heteroatoms. The van der Waals surface area contributed by atoms with E-state index in [1.54, 1.807) is 19.2 Å². The Bertz CT molecular complexity index is 952. The zero-order valence-electron chi connectivity index (χ0n) is 15.9. The van der Waals surface area contributed by atoms with E-state index in [2.05, 4.69) is 24.9 Å². The van der Waals surface area contributed by atoms with Crippen molar-refractivity contribution >= 4 is 16.3 Å². The molecular weight excluding hydrogens is 328 g/mol. The first-order valence-corrected chi connectivity index (χ1v) is 9.46. The van der Waals surface area contributed by atoms with Crippen molar-refractivity contribution in [3.05, 3.63) is 58.7 Å². The first-order valence-electron chi connectivity index (χ1n) is 9.46. The standard InChI is InChI=1S/C23H25F2N/c1-5-6-7-14-8-9-17(24)20-18(14)22-19-15(10-11-26-22)21(25)13(2)12-16(19)23(20,3)4/h5-6,10-12,14,17H,7-9H2,1-4H3. The summed E-state index contributed by atoms with van der Waals surface area (Å²) < 4.78 is 30.0. The molecule has 0 radical (unpaired) electrons. The number of fused-ring (bicyclic) bond motifs is 1. The van der Waals surface area contributed by atoms with Crippen LogP contribution >= 0.6 is 0 Å². The summed E-state index contributed by atoms with van der Waals surface area (Å²) in [7, 11) is 0. The third-order valence-corrected chi connectivity index (χ3v) is 6.20. The maximum absolute atomic E-state index is 15.2. The number of pyridine rings is 1. The summed E-state index contributed by atoms with van der Waals surface area (Å²) in [4.78, 5) is 4.64. The number of benzene rings is 1. The highest BCUT2D eigenvalue weighted by atomic mass is 19.1. The quantitative estimate of drug-likeness (QED) is 0.566. The van der Waals surface area contributed by atoms with Crippen LogP contribution < -0.4 is 0 Å². The molecule has 2 atom stereocenters. The van der Waals surface area contributed by atoms with Gasteiger partial charge in [0.25, 0.3) is 0 Å². The van der Waals surface area contributed by atoms with Gasteiger partial charge in [-0.2, -0.15) is 0 Å². The van der Waals surface area contributed by atoms with Gasteiger partial charge in [-0.15, -0.1) is 0 Å². The van der Waals surface area contributed by atoms with E-state index >= 15 is 4.39 Å². The molecular formula is C23H25F2N. The molecule has 136 valence electrons. The van der Waals surface area contributed by atoms with Crippen LogP contribution in [0.1, 0.15) is 56.9 Å². The van der Waals surface area contributed by atoms with Crippen LogP contribution in [-0.4, -0.2) is 11.2 Å². The highest BCUT2D eigenvalue weighted by molar-refractivity contribution is 6.00. The zero-order chi connectivity index (χ0) is 18.6. The number of hydrogen-bond donors (Lipinski definition) is 0. The van der Waals surface area contributed by atoms with E-state index in [9.17, 15) is 4.39 Å². The van der Waals surface area contributed by atoms with Crippen molar-refractivity contribution < 1.29 is 8.78 Å². The smallest absolute Gasteiger partial charge is 0.134 e. The second-order valence-electron chi connectivity index (χ2n) is 8.14. The van der Waals surface area contributed by atoms with E-state index in [0.717, 1.165) is 40.6 Å². The average Bonchev–Trinajstić information content (AvgIpc) is 2.61. The summed E-state index contributed by atoms with van der Waals surface area (Å²) in [6.45, 7) is 7.95. The molecule has 2 unspecified atom stereocenters. The van der Waals surface area contributed by atoms with Gasteiger partial charge in [0.05, 0.1) is 5.69 Å². The first kappa shape index (κ1) is 17.4. The maximum Gasteiger partial charge on any atom is 0.134 e. The number of alkyl halides is 1. The molecule has 0 spiro atoms. The van der Waals surface area contributed by atoms with Crippen LogP contribution in [0.2, 0.25) is 0 Å². The third-order valence-electron chi connectivity index (χ3n) is 6.20. The zero-order valence-corrected chi connectivity index (χ0v) is 15.9. The highest BCUT2D eigenvalue weighted by Gasteiger charge is 2.44. The Morgan fingerprint density at radius 2 is 2.08 bits per heavy atom. The van der Waals surface area contributed by atoms with Gasteiger partial charge in [-0.25, -0.2) is 8.78 Å². The average molecular weight is 353 g/mol. The fraction of sp³-hybridized carbons (Fsp3) is 0.435. The van der Waals surface area contributed by atoms with Gasteiger partial charge < -0.3 is 0 Å². The van der Waals surface area contributed by atoms with E-state index < -0.39 is 11.6 Å². The summed E-state index contributed by atoms with van der Waals surface area (Å²) in [6, 6.07) is 3.65. The molecule has 1 aromatic carbocycles. The highest BCUT2D eigenvalue weighted by Crippen LogP contribution is 2.54. The molecule has 1 heterocycles. The van der Waals surface area contributed by atoms with Crippen molar-refractivity contribution in [2.45, 2.75) is 58.5 Å². The van der Waals surface area contributed by atoms with Gasteiger partial charge >= 0.3 is 0 Å². The molecule has 0 bridgehead atoms. The van der Waals surface area contributed by atoms with Crippen molar-refractivity contribution in [2.75, 3.05) is 0 Å². The van der Waals surface area contributed by atoms with Crippen molar-refractivity contribution in [1.82, 2.24) is 4.98 Å². The van der Waals surface area contributed by atoms with Crippen molar-refractivity contribution in [2.24, 2.45) is 5.92 Å². The molecule has 2 aromatic rings. The van der Waals surface area contributed by atoms with E-state index in [4.69, 9.17) is 0 Å². The van der Waals surface area contributed by atoms with Gasteiger partial charge in [0.1, 0.15) is 12.0 Å². The SMILES string of the molecule is CC=CCC1CCC(F)C2=C1c1nccc3c(F)c(C)cc(c13)C2(C)C. The number of rotatable bonds is 2. The van der Waals surface area contributed by atoms with Gasteiger partial charge in [-0.1, -0.05) is 32.1 Å². The number of allylic oxidation sites excluding steroid dienone is 4. The summed E-state index contributed by atoms with van der Waals surface area (Å²) in [5.74, 6) is 0.0490. The van der Waals surface area contributed by atoms with Crippen LogP contribution in [0.4, 0.5) is 8.78 Å². The minimum Gasteiger partial charge on any atom is -0.256 e. The molecule has 0 aliphatic heterocycles. The second kappa shape index (κ2) is 6.00. The third kappa shape index (κ3) is 2.29. The fourth-order valence-electron chi connectivity index (χ4n) is 4.93. The van der Waals surface area contributed by atoms with Crippen LogP contribution in [0.3, 0.4) is 0 Å². The van der Waals surface area contributed by atoms with E-state index in [-0.39, 0.29) is 11.7 Å². The molecule has 0 N–H and O–H groups in total. The van der Waals surface area contributed by atoms with Gasteiger partial charge in [0.15, 0.2) is 0 Å². The van der Waals surface area contributed by atoms with E-state index in [1.165, 1.54) is 0 Å². The van der Waals surface area contributed by atoms with Crippen LogP contribution in [0, 0.1) is 18.7 Å². The number of aromatic nitrogens is 1. The lowest BCUT2D eigenvalue weighted by Gasteiger charge is -2.43. The summed E-state index contributed by atoms with van der Waals surface area (Å²) in [6.07, 6.45) is 7.13. The molecule has 0 fully saturated rings. The molecule has 2 aliphatic carbocycles. The lowest BCUT2D eigenvalue weighted by atomic mass is 9.62. The molecule has 1 aromatic heterocycles. The van der Waals surface area contributed by atoms with Gasteiger partial charge in [-0.3, -0.25) is 4.98 Å². The number of aryl methyl sites for hydroxylation is 1. The van der Waals surface area contributed by atoms with Gasteiger partial charge in [0.2, 0.25) is 0 Å². The minimum atomic E-state index is -0.961. The summed E-state index contributed by atoms with van der Waals surface area (Å²) >= 11 is 0. The molecule has 26 heavy (non-hydrogen) atoms. The Hall–Kier alpha value is -2.03. The fourth-order valence-corrected chi connectivity index (χ4v) is 4.93. The summed E-state index contributed by atoms with van der Waals surface area (Å²) in [5.41, 5.74) is 3.82. The number of nitrogens with zero attached hydrogens (tertiary/aromatic N) is 1. The Balaban J connectivity index is 2.10. The normalized spacial score (nSPS) is 24.4. The molecule has 4 rings (SSSR count).